The highest BCUT2D eigenvalue weighted by Gasteiger charge is 2.34. The number of carbonyl (C=O) groups is 1. The standard InChI is InChI=1S/C11H22N2O2/c1-11(2,3)9(12)7-5-4-6-8(13-7)10(14)15/h7-9,13H,4-6,12H2,1-3H3,(H,14,15). The van der Waals surface area contributed by atoms with E-state index >= 15 is 0 Å². The van der Waals surface area contributed by atoms with Gasteiger partial charge >= 0.3 is 5.97 Å². The lowest BCUT2D eigenvalue weighted by molar-refractivity contribution is -0.140. The molecule has 4 N–H and O–H groups in total. The minimum atomic E-state index is -0.763. The number of piperidine rings is 1. The van der Waals surface area contributed by atoms with Crippen LogP contribution in [0.3, 0.4) is 0 Å². The van der Waals surface area contributed by atoms with Gasteiger partial charge in [-0.1, -0.05) is 20.8 Å². The highest BCUT2D eigenvalue weighted by molar-refractivity contribution is 5.73. The number of carboxylic acid groups (broad SMARTS) is 1. The van der Waals surface area contributed by atoms with Crippen LogP contribution in [0.5, 0.6) is 0 Å². The molecule has 0 aromatic carbocycles. The van der Waals surface area contributed by atoms with Crippen molar-refractivity contribution < 1.29 is 9.90 Å². The van der Waals surface area contributed by atoms with E-state index in [4.69, 9.17) is 10.8 Å². The van der Waals surface area contributed by atoms with Crippen molar-refractivity contribution >= 4 is 5.97 Å². The maximum absolute atomic E-state index is 10.9. The smallest absolute Gasteiger partial charge is 0.320 e. The maximum Gasteiger partial charge on any atom is 0.320 e. The van der Waals surface area contributed by atoms with Crippen molar-refractivity contribution in [3.63, 3.8) is 0 Å². The van der Waals surface area contributed by atoms with E-state index in [0.717, 1.165) is 12.8 Å². The molecule has 1 aliphatic rings. The predicted octanol–water partition coefficient (Wildman–Crippen LogP) is 0.955. The Morgan fingerprint density at radius 1 is 1.47 bits per heavy atom. The van der Waals surface area contributed by atoms with Crippen molar-refractivity contribution in [2.45, 2.75) is 58.2 Å². The van der Waals surface area contributed by atoms with Gasteiger partial charge in [-0.15, -0.1) is 0 Å². The molecule has 1 fully saturated rings. The quantitative estimate of drug-likeness (QED) is 0.640. The summed E-state index contributed by atoms with van der Waals surface area (Å²) < 4.78 is 0. The molecular weight excluding hydrogens is 192 g/mol. The average Bonchev–Trinajstić information content (AvgIpc) is 2.15. The molecule has 0 spiro atoms. The largest absolute Gasteiger partial charge is 0.480 e. The van der Waals surface area contributed by atoms with Crippen LogP contribution in [0.4, 0.5) is 0 Å². The molecule has 3 unspecified atom stereocenters. The predicted molar refractivity (Wildman–Crippen MR) is 59.6 cm³/mol. The summed E-state index contributed by atoms with van der Waals surface area (Å²) >= 11 is 0. The van der Waals surface area contributed by atoms with Gasteiger partial charge in [-0.2, -0.15) is 0 Å². The molecule has 1 heterocycles. The molecule has 0 aromatic rings. The van der Waals surface area contributed by atoms with Crippen LogP contribution < -0.4 is 11.1 Å². The van der Waals surface area contributed by atoms with Crippen molar-refractivity contribution in [3.8, 4) is 0 Å². The summed E-state index contributed by atoms with van der Waals surface area (Å²) in [6.45, 7) is 6.26. The van der Waals surface area contributed by atoms with E-state index in [1.54, 1.807) is 0 Å². The summed E-state index contributed by atoms with van der Waals surface area (Å²) in [5, 5.41) is 12.1. The second kappa shape index (κ2) is 4.49. The van der Waals surface area contributed by atoms with Crippen LogP contribution in [0.1, 0.15) is 40.0 Å². The fourth-order valence-corrected chi connectivity index (χ4v) is 2.05. The highest BCUT2D eigenvalue weighted by atomic mass is 16.4. The van der Waals surface area contributed by atoms with E-state index in [-0.39, 0.29) is 17.5 Å². The Hall–Kier alpha value is -0.610. The number of nitrogens with two attached hydrogens (primary N) is 1. The number of carboxylic acids is 1. The summed E-state index contributed by atoms with van der Waals surface area (Å²) in [5.41, 5.74) is 6.14. The molecule has 1 saturated heterocycles. The molecule has 88 valence electrons. The molecule has 3 atom stereocenters. The van der Waals surface area contributed by atoms with Gasteiger partial charge in [0.2, 0.25) is 0 Å². The van der Waals surface area contributed by atoms with Gasteiger partial charge in [-0.05, 0) is 24.7 Å². The highest BCUT2D eigenvalue weighted by Crippen LogP contribution is 2.25. The fraction of sp³-hybridized carbons (Fsp3) is 0.909. The van der Waals surface area contributed by atoms with Crippen molar-refractivity contribution in [1.82, 2.24) is 5.32 Å². The van der Waals surface area contributed by atoms with E-state index < -0.39 is 12.0 Å². The van der Waals surface area contributed by atoms with Crippen molar-refractivity contribution in [2.24, 2.45) is 11.1 Å². The number of rotatable bonds is 2. The Morgan fingerprint density at radius 3 is 2.53 bits per heavy atom. The first kappa shape index (κ1) is 12.5. The first-order valence-corrected chi connectivity index (χ1v) is 5.57. The Bertz CT molecular complexity index is 235. The summed E-state index contributed by atoms with van der Waals surface area (Å²) in [5.74, 6) is -0.763. The average molecular weight is 214 g/mol. The van der Waals surface area contributed by atoms with E-state index in [1.165, 1.54) is 0 Å². The van der Waals surface area contributed by atoms with Crippen LogP contribution in [-0.2, 0) is 4.79 Å². The normalized spacial score (nSPS) is 29.9. The third-order valence-electron chi connectivity index (χ3n) is 3.15. The molecule has 4 nitrogen and oxygen atoms in total. The van der Waals surface area contributed by atoms with E-state index in [0.29, 0.717) is 6.42 Å². The maximum atomic E-state index is 10.9. The lowest BCUT2D eigenvalue weighted by atomic mass is 9.79. The summed E-state index contributed by atoms with van der Waals surface area (Å²) in [4.78, 5) is 10.9. The lowest BCUT2D eigenvalue weighted by Crippen LogP contribution is -2.58. The molecule has 0 bridgehead atoms. The molecule has 0 radical (unpaired) electrons. The van der Waals surface area contributed by atoms with Gasteiger partial charge in [0, 0.05) is 12.1 Å². The second-order valence-electron chi connectivity index (χ2n) is 5.49. The summed E-state index contributed by atoms with van der Waals surface area (Å²) in [6, 6.07) is -0.295. The van der Waals surface area contributed by atoms with Crippen LogP contribution in [0.15, 0.2) is 0 Å². The van der Waals surface area contributed by atoms with Crippen molar-refractivity contribution in [1.29, 1.82) is 0 Å². The van der Waals surface area contributed by atoms with Gasteiger partial charge in [0.25, 0.3) is 0 Å². The molecule has 1 rings (SSSR count). The fourth-order valence-electron chi connectivity index (χ4n) is 2.05. The number of aliphatic carboxylic acids is 1. The third kappa shape index (κ3) is 3.18. The van der Waals surface area contributed by atoms with E-state index in [9.17, 15) is 4.79 Å². The molecule has 0 saturated carbocycles. The van der Waals surface area contributed by atoms with Gasteiger partial charge in [0.05, 0.1) is 0 Å². The van der Waals surface area contributed by atoms with E-state index in [2.05, 4.69) is 26.1 Å². The number of hydrogen-bond donors (Lipinski definition) is 3. The van der Waals surface area contributed by atoms with Gasteiger partial charge in [-0.25, -0.2) is 0 Å². The zero-order chi connectivity index (χ0) is 11.6. The number of hydrogen-bond acceptors (Lipinski definition) is 3. The lowest BCUT2D eigenvalue weighted by Gasteiger charge is -2.38. The molecule has 0 aromatic heterocycles. The zero-order valence-electron chi connectivity index (χ0n) is 9.79. The third-order valence-corrected chi connectivity index (χ3v) is 3.15. The molecule has 15 heavy (non-hydrogen) atoms. The Labute approximate surface area is 91.2 Å². The number of nitrogens with one attached hydrogen (secondary N) is 1. The minimum Gasteiger partial charge on any atom is -0.480 e. The monoisotopic (exact) mass is 214 g/mol. The van der Waals surface area contributed by atoms with Gasteiger partial charge in [-0.3, -0.25) is 4.79 Å². The van der Waals surface area contributed by atoms with Gasteiger partial charge in [0.15, 0.2) is 0 Å². The van der Waals surface area contributed by atoms with Gasteiger partial charge in [0.1, 0.15) is 6.04 Å². The van der Waals surface area contributed by atoms with Gasteiger partial charge < -0.3 is 16.2 Å². The summed E-state index contributed by atoms with van der Waals surface area (Å²) in [7, 11) is 0. The van der Waals surface area contributed by atoms with Crippen molar-refractivity contribution in [2.75, 3.05) is 0 Å². The zero-order valence-corrected chi connectivity index (χ0v) is 9.79. The van der Waals surface area contributed by atoms with Crippen molar-refractivity contribution in [3.05, 3.63) is 0 Å². The van der Waals surface area contributed by atoms with Crippen LogP contribution in [-0.4, -0.2) is 29.2 Å². The van der Waals surface area contributed by atoms with Crippen LogP contribution >= 0.6 is 0 Å². The first-order chi connectivity index (χ1) is 6.82. The van der Waals surface area contributed by atoms with Crippen LogP contribution in [0.25, 0.3) is 0 Å². The Balaban J connectivity index is 2.60. The Morgan fingerprint density at radius 2 is 2.07 bits per heavy atom. The SMILES string of the molecule is CC(C)(C)C(N)C1CCCC(C(=O)O)N1. The topological polar surface area (TPSA) is 75.4 Å². The Kier molecular flexibility index (Phi) is 3.73. The molecule has 1 aliphatic heterocycles. The van der Waals surface area contributed by atoms with Crippen LogP contribution in [0, 0.1) is 5.41 Å². The first-order valence-electron chi connectivity index (χ1n) is 5.57. The van der Waals surface area contributed by atoms with E-state index in [1.807, 2.05) is 0 Å². The second-order valence-corrected chi connectivity index (χ2v) is 5.49. The molecule has 0 amide bonds. The van der Waals surface area contributed by atoms with Crippen LogP contribution in [0.2, 0.25) is 0 Å². The molecule has 4 heteroatoms. The minimum absolute atomic E-state index is 0.000324. The summed E-state index contributed by atoms with van der Waals surface area (Å²) in [6.07, 6.45) is 2.63. The molecular formula is C11H22N2O2. The molecule has 0 aliphatic carbocycles.